The highest BCUT2D eigenvalue weighted by atomic mass is 32.2. The number of amides is 1. The van der Waals surface area contributed by atoms with Gasteiger partial charge >= 0.3 is 0 Å². The Balaban J connectivity index is 2.42. The Morgan fingerprint density at radius 3 is 2.03 bits per heavy atom. The molecule has 2 unspecified atom stereocenters. The summed E-state index contributed by atoms with van der Waals surface area (Å²) in [5.74, 6) is 1.35. The highest BCUT2D eigenvalue weighted by Gasteiger charge is 2.32. The molecule has 0 bridgehead atoms. The van der Waals surface area contributed by atoms with Gasteiger partial charge in [0.05, 0.1) is 39.3 Å². The standard InChI is InChI=1S/C25H36N2O6S/c1-15(2)20-14-21(16(3)12-24(20)33-8)17(4)26-25(28)18(5)27(34(9,29)30)22-13-19(31-6)10-11-23(22)32-7/h10-15,17-18H,1-9H3,(H,26,28). The van der Waals surface area contributed by atoms with Crippen LogP contribution in [0.3, 0.4) is 0 Å². The quantitative estimate of drug-likeness (QED) is 0.535. The molecule has 2 rings (SSSR count). The molecule has 0 aliphatic rings. The summed E-state index contributed by atoms with van der Waals surface area (Å²) in [4.78, 5) is 13.3. The lowest BCUT2D eigenvalue weighted by Crippen LogP contribution is -2.48. The third-order valence-electron chi connectivity index (χ3n) is 5.78. The molecule has 34 heavy (non-hydrogen) atoms. The molecule has 1 amide bonds. The summed E-state index contributed by atoms with van der Waals surface area (Å²) in [6.45, 7) is 9.53. The van der Waals surface area contributed by atoms with Crippen LogP contribution < -0.4 is 23.8 Å². The minimum atomic E-state index is -3.83. The second kappa shape index (κ2) is 11.0. The number of anilines is 1. The van der Waals surface area contributed by atoms with E-state index in [0.717, 1.165) is 33.0 Å². The fourth-order valence-corrected chi connectivity index (χ4v) is 5.14. The molecule has 0 saturated carbocycles. The first kappa shape index (κ1) is 27.3. The fourth-order valence-electron chi connectivity index (χ4n) is 3.97. The van der Waals surface area contributed by atoms with Gasteiger partial charge in [-0.25, -0.2) is 8.42 Å². The van der Waals surface area contributed by atoms with Crippen molar-refractivity contribution in [2.75, 3.05) is 31.9 Å². The Kier molecular flexibility index (Phi) is 8.83. The summed E-state index contributed by atoms with van der Waals surface area (Å²) in [5.41, 5.74) is 3.17. The van der Waals surface area contributed by atoms with Gasteiger partial charge in [-0.05, 0) is 67.6 Å². The summed E-state index contributed by atoms with van der Waals surface area (Å²) in [6.07, 6.45) is 1.06. The van der Waals surface area contributed by atoms with E-state index in [-0.39, 0.29) is 17.6 Å². The summed E-state index contributed by atoms with van der Waals surface area (Å²) >= 11 is 0. The van der Waals surface area contributed by atoms with Gasteiger partial charge in [-0.2, -0.15) is 0 Å². The van der Waals surface area contributed by atoms with Crippen LogP contribution in [0.1, 0.15) is 56.3 Å². The van der Waals surface area contributed by atoms with Crippen LogP contribution in [0.15, 0.2) is 30.3 Å². The van der Waals surface area contributed by atoms with Crippen molar-refractivity contribution in [1.82, 2.24) is 5.32 Å². The SMILES string of the molecule is COc1ccc(OC)c(N(C(C)C(=O)NC(C)c2cc(C(C)C)c(OC)cc2C)S(C)(=O)=O)c1. The molecule has 2 atom stereocenters. The lowest BCUT2D eigenvalue weighted by atomic mass is 9.93. The van der Waals surface area contributed by atoms with Crippen molar-refractivity contribution in [2.24, 2.45) is 0 Å². The Hall–Kier alpha value is -2.94. The molecular formula is C25H36N2O6S. The number of hydrogen-bond donors (Lipinski definition) is 1. The van der Waals surface area contributed by atoms with Gasteiger partial charge in [0, 0.05) is 6.07 Å². The van der Waals surface area contributed by atoms with Crippen LogP contribution in [0.5, 0.6) is 17.2 Å². The molecule has 0 fully saturated rings. The predicted molar refractivity (Wildman–Crippen MR) is 135 cm³/mol. The number of methoxy groups -OCH3 is 3. The number of aryl methyl sites for hydroxylation is 1. The molecular weight excluding hydrogens is 456 g/mol. The summed E-state index contributed by atoms with van der Waals surface area (Å²) in [7, 11) is 0.729. The number of sulfonamides is 1. The van der Waals surface area contributed by atoms with E-state index in [4.69, 9.17) is 14.2 Å². The zero-order valence-corrected chi connectivity index (χ0v) is 22.2. The first-order valence-electron chi connectivity index (χ1n) is 11.1. The van der Waals surface area contributed by atoms with E-state index in [9.17, 15) is 13.2 Å². The van der Waals surface area contributed by atoms with E-state index < -0.39 is 22.0 Å². The van der Waals surface area contributed by atoms with Gasteiger partial charge in [-0.15, -0.1) is 0 Å². The maximum atomic E-state index is 13.3. The Bertz CT molecular complexity index is 1130. The number of hydrogen-bond acceptors (Lipinski definition) is 6. The lowest BCUT2D eigenvalue weighted by Gasteiger charge is -2.31. The van der Waals surface area contributed by atoms with Crippen LogP contribution in [0.2, 0.25) is 0 Å². The molecule has 9 heteroatoms. The zero-order chi connectivity index (χ0) is 25.8. The smallest absolute Gasteiger partial charge is 0.244 e. The van der Waals surface area contributed by atoms with Crippen LogP contribution in [0.25, 0.3) is 0 Å². The molecule has 2 aromatic carbocycles. The van der Waals surface area contributed by atoms with Crippen LogP contribution in [0.4, 0.5) is 5.69 Å². The summed E-state index contributed by atoms with van der Waals surface area (Å²) in [5, 5.41) is 2.97. The second-order valence-electron chi connectivity index (χ2n) is 8.61. The van der Waals surface area contributed by atoms with Crippen molar-refractivity contribution in [3.8, 4) is 17.2 Å². The van der Waals surface area contributed by atoms with Gasteiger partial charge < -0.3 is 19.5 Å². The van der Waals surface area contributed by atoms with Crippen molar-refractivity contribution < 1.29 is 27.4 Å². The average molecular weight is 493 g/mol. The molecule has 0 saturated heterocycles. The highest BCUT2D eigenvalue weighted by molar-refractivity contribution is 7.92. The number of nitrogens with one attached hydrogen (secondary N) is 1. The normalized spacial score (nSPS) is 13.2. The average Bonchev–Trinajstić information content (AvgIpc) is 2.77. The van der Waals surface area contributed by atoms with E-state index in [1.807, 2.05) is 26.0 Å². The number of nitrogens with zero attached hydrogens (tertiary/aromatic N) is 1. The number of carbonyl (C=O) groups excluding carboxylic acids is 1. The third kappa shape index (κ3) is 5.94. The van der Waals surface area contributed by atoms with Crippen molar-refractivity contribution in [3.63, 3.8) is 0 Å². The van der Waals surface area contributed by atoms with Crippen LogP contribution in [-0.2, 0) is 14.8 Å². The largest absolute Gasteiger partial charge is 0.497 e. The Morgan fingerprint density at radius 1 is 0.912 bits per heavy atom. The monoisotopic (exact) mass is 492 g/mol. The van der Waals surface area contributed by atoms with Gasteiger partial charge in [-0.1, -0.05) is 13.8 Å². The van der Waals surface area contributed by atoms with E-state index >= 15 is 0 Å². The first-order chi connectivity index (χ1) is 15.8. The topological polar surface area (TPSA) is 94.2 Å². The Labute approximate surface area is 203 Å². The molecule has 1 N–H and O–H groups in total. The lowest BCUT2D eigenvalue weighted by molar-refractivity contribution is -0.122. The van der Waals surface area contributed by atoms with Crippen molar-refractivity contribution in [1.29, 1.82) is 0 Å². The molecule has 0 aromatic heterocycles. The predicted octanol–water partition coefficient (Wildman–Crippen LogP) is 4.18. The zero-order valence-electron chi connectivity index (χ0n) is 21.4. The van der Waals surface area contributed by atoms with E-state index in [1.54, 1.807) is 26.2 Å². The van der Waals surface area contributed by atoms with Gasteiger partial charge in [0.1, 0.15) is 23.3 Å². The molecule has 0 spiro atoms. The molecule has 0 aliphatic heterocycles. The summed E-state index contributed by atoms with van der Waals surface area (Å²) < 4.78 is 42.8. The summed E-state index contributed by atoms with van der Waals surface area (Å²) in [6, 6.07) is 7.40. The second-order valence-corrected chi connectivity index (χ2v) is 10.5. The minimum Gasteiger partial charge on any atom is -0.497 e. The molecule has 8 nitrogen and oxygen atoms in total. The molecule has 0 heterocycles. The molecule has 0 radical (unpaired) electrons. The van der Waals surface area contributed by atoms with Gasteiger partial charge in [-0.3, -0.25) is 9.10 Å². The van der Waals surface area contributed by atoms with Crippen molar-refractivity contribution in [3.05, 3.63) is 47.0 Å². The Morgan fingerprint density at radius 2 is 1.53 bits per heavy atom. The maximum absolute atomic E-state index is 13.3. The van der Waals surface area contributed by atoms with E-state index in [2.05, 4.69) is 19.2 Å². The highest BCUT2D eigenvalue weighted by Crippen LogP contribution is 2.36. The van der Waals surface area contributed by atoms with Gasteiger partial charge in [0.25, 0.3) is 0 Å². The number of benzene rings is 2. The van der Waals surface area contributed by atoms with E-state index in [1.165, 1.54) is 20.3 Å². The van der Waals surface area contributed by atoms with Gasteiger partial charge in [0.15, 0.2) is 0 Å². The molecule has 188 valence electrons. The van der Waals surface area contributed by atoms with Gasteiger partial charge in [0.2, 0.25) is 15.9 Å². The number of ether oxygens (including phenoxy) is 3. The van der Waals surface area contributed by atoms with Crippen molar-refractivity contribution >= 4 is 21.6 Å². The first-order valence-corrected chi connectivity index (χ1v) is 12.9. The minimum absolute atomic E-state index is 0.224. The molecule has 0 aliphatic carbocycles. The number of carbonyl (C=O) groups is 1. The maximum Gasteiger partial charge on any atom is 0.244 e. The number of rotatable bonds is 10. The van der Waals surface area contributed by atoms with Crippen LogP contribution >= 0.6 is 0 Å². The van der Waals surface area contributed by atoms with Crippen LogP contribution in [-0.4, -0.2) is 48.0 Å². The third-order valence-corrected chi connectivity index (χ3v) is 7.01. The molecule has 2 aromatic rings. The fraction of sp³-hybridized carbons (Fsp3) is 0.480. The van der Waals surface area contributed by atoms with Crippen LogP contribution in [0, 0.1) is 6.92 Å². The van der Waals surface area contributed by atoms with Crippen molar-refractivity contribution in [2.45, 2.75) is 52.6 Å². The van der Waals surface area contributed by atoms with E-state index in [0.29, 0.717) is 11.5 Å².